The largest absolute Gasteiger partial charge is 0.388 e. The first-order chi connectivity index (χ1) is 9.69. The zero-order valence-electron chi connectivity index (χ0n) is 13.1. The highest BCUT2D eigenvalue weighted by Gasteiger charge is 2.36. The molecule has 2 N–H and O–H groups in total. The van der Waals surface area contributed by atoms with Gasteiger partial charge in [-0.25, -0.2) is 0 Å². The smallest absolute Gasteiger partial charge is 0.230 e. The van der Waals surface area contributed by atoms with Crippen LogP contribution < -0.4 is 10.2 Å². The number of nitrogens with one attached hydrogen (secondary N) is 1. The first kappa shape index (κ1) is 16.2. The second kappa shape index (κ2) is 5.93. The summed E-state index contributed by atoms with van der Waals surface area (Å²) in [5.74, 6) is 0.895. The quantitative estimate of drug-likeness (QED) is 0.888. The molecule has 0 atom stereocenters. The van der Waals surface area contributed by atoms with E-state index < -0.39 is 5.60 Å². The maximum atomic E-state index is 10.6. The molecule has 1 aliphatic rings. The summed E-state index contributed by atoms with van der Waals surface area (Å²) in [7, 11) is 3.68. The van der Waals surface area contributed by atoms with Crippen LogP contribution >= 0.6 is 11.6 Å². The van der Waals surface area contributed by atoms with Crippen LogP contribution in [0.4, 0.5) is 11.9 Å². The van der Waals surface area contributed by atoms with Gasteiger partial charge in [0.2, 0.25) is 17.2 Å². The average molecular weight is 314 g/mol. The van der Waals surface area contributed by atoms with Gasteiger partial charge in [0.15, 0.2) is 0 Å². The van der Waals surface area contributed by atoms with E-state index in [1.807, 2.05) is 14.1 Å². The van der Waals surface area contributed by atoms with Crippen molar-refractivity contribution in [3.63, 3.8) is 0 Å². The van der Waals surface area contributed by atoms with Crippen LogP contribution in [-0.4, -0.2) is 46.3 Å². The van der Waals surface area contributed by atoms with E-state index >= 15 is 0 Å². The lowest BCUT2D eigenvalue weighted by molar-refractivity contribution is -0.0146. The summed E-state index contributed by atoms with van der Waals surface area (Å²) in [6, 6.07) is 0. The molecule has 0 spiro atoms. The van der Waals surface area contributed by atoms with E-state index in [0.29, 0.717) is 23.9 Å². The molecule has 0 bridgehead atoms. The normalized spacial score (nSPS) is 20.1. The van der Waals surface area contributed by atoms with Crippen molar-refractivity contribution in [2.75, 3.05) is 30.9 Å². The van der Waals surface area contributed by atoms with Gasteiger partial charge in [0, 0.05) is 20.6 Å². The maximum absolute atomic E-state index is 10.6. The Morgan fingerprint density at radius 2 is 1.76 bits per heavy atom. The molecule has 1 aromatic heterocycles. The fourth-order valence-electron chi connectivity index (χ4n) is 2.43. The van der Waals surface area contributed by atoms with Crippen LogP contribution in [0.1, 0.15) is 39.5 Å². The molecular formula is C14H24ClN5O. The van der Waals surface area contributed by atoms with Crippen LogP contribution in [0, 0.1) is 5.41 Å². The van der Waals surface area contributed by atoms with Crippen molar-refractivity contribution in [1.29, 1.82) is 0 Å². The van der Waals surface area contributed by atoms with Crippen LogP contribution in [0.25, 0.3) is 0 Å². The molecule has 1 saturated carbocycles. The Balaban J connectivity index is 2.00. The summed E-state index contributed by atoms with van der Waals surface area (Å²) in [5, 5.41) is 13.9. The second-order valence-electron chi connectivity index (χ2n) is 6.86. The molecule has 1 aliphatic carbocycles. The number of nitrogens with zero attached hydrogens (tertiary/aromatic N) is 4. The van der Waals surface area contributed by atoms with Gasteiger partial charge in [-0.15, -0.1) is 0 Å². The van der Waals surface area contributed by atoms with Gasteiger partial charge in [0.05, 0.1) is 5.60 Å². The number of hydrogen-bond acceptors (Lipinski definition) is 6. The number of anilines is 2. The van der Waals surface area contributed by atoms with Crippen LogP contribution in [0.15, 0.2) is 0 Å². The standard InChI is InChI=1S/C14H24ClN5O/c1-13(2)5-7-14(21,8-6-13)9-16-11-17-10(15)18-12(19-11)20(3)4/h21H,5-9H2,1-4H3,(H,16,17,18,19). The van der Waals surface area contributed by atoms with Gasteiger partial charge in [-0.1, -0.05) is 13.8 Å². The molecule has 0 amide bonds. The number of aliphatic hydroxyl groups is 1. The van der Waals surface area contributed by atoms with E-state index in [0.717, 1.165) is 25.7 Å². The highest BCUT2D eigenvalue weighted by molar-refractivity contribution is 6.28. The van der Waals surface area contributed by atoms with Crippen molar-refractivity contribution in [3.8, 4) is 0 Å². The van der Waals surface area contributed by atoms with Gasteiger partial charge in [0.1, 0.15) is 0 Å². The molecule has 0 aromatic carbocycles. The zero-order chi connectivity index (χ0) is 15.7. The highest BCUT2D eigenvalue weighted by atomic mass is 35.5. The fourth-order valence-corrected chi connectivity index (χ4v) is 2.59. The molecule has 6 nitrogen and oxygen atoms in total. The molecule has 1 heterocycles. The molecule has 0 aliphatic heterocycles. The van der Waals surface area contributed by atoms with E-state index in [9.17, 15) is 5.11 Å². The summed E-state index contributed by atoms with van der Waals surface area (Å²) < 4.78 is 0. The Morgan fingerprint density at radius 1 is 1.14 bits per heavy atom. The second-order valence-corrected chi connectivity index (χ2v) is 7.20. The lowest BCUT2D eigenvalue weighted by atomic mass is 9.71. The van der Waals surface area contributed by atoms with Crippen LogP contribution in [0.3, 0.4) is 0 Å². The average Bonchev–Trinajstić information content (AvgIpc) is 2.40. The summed E-state index contributed by atoms with van der Waals surface area (Å²) in [5.41, 5.74) is -0.381. The van der Waals surface area contributed by atoms with E-state index in [1.54, 1.807) is 4.90 Å². The minimum Gasteiger partial charge on any atom is -0.388 e. The van der Waals surface area contributed by atoms with Crippen molar-refractivity contribution in [2.24, 2.45) is 5.41 Å². The first-order valence-corrected chi connectivity index (χ1v) is 7.62. The molecule has 7 heteroatoms. The Kier molecular flexibility index (Phi) is 4.58. The van der Waals surface area contributed by atoms with Crippen molar-refractivity contribution in [3.05, 3.63) is 5.28 Å². The van der Waals surface area contributed by atoms with Gasteiger partial charge in [-0.3, -0.25) is 0 Å². The van der Waals surface area contributed by atoms with Gasteiger partial charge in [0.25, 0.3) is 0 Å². The first-order valence-electron chi connectivity index (χ1n) is 7.24. The minimum absolute atomic E-state index is 0.146. The van der Waals surface area contributed by atoms with Gasteiger partial charge >= 0.3 is 0 Å². The van der Waals surface area contributed by atoms with E-state index in [4.69, 9.17) is 11.6 Å². The van der Waals surface area contributed by atoms with Crippen LogP contribution in [-0.2, 0) is 0 Å². The molecule has 21 heavy (non-hydrogen) atoms. The molecule has 0 radical (unpaired) electrons. The Morgan fingerprint density at radius 3 is 2.33 bits per heavy atom. The zero-order valence-corrected chi connectivity index (χ0v) is 13.9. The van der Waals surface area contributed by atoms with Gasteiger partial charge in [-0.2, -0.15) is 15.0 Å². The monoisotopic (exact) mass is 313 g/mol. The number of rotatable bonds is 4. The number of aromatic nitrogens is 3. The van der Waals surface area contributed by atoms with E-state index in [1.165, 1.54) is 0 Å². The summed E-state index contributed by atoms with van der Waals surface area (Å²) >= 11 is 5.90. The van der Waals surface area contributed by atoms with Crippen LogP contribution in [0.2, 0.25) is 5.28 Å². The van der Waals surface area contributed by atoms with Gasteiger partial charge < -0.3 is 15.3 Å². The molecular weight excluding hydrogens is 290 g/mol. The summed E-state index contributed by atoms with van der Waals surface area (Å²) in [4.78, 5) is 14.1. The lowest BCUT2D eigenvalue weighted by Crippen LogP contribution is -2.42. The number of hydrogen-bond donors (Lipinski definition) is 2. The SMILES string of the molecule is CN(C)c1nc(Cl)nc(NCC2(O)CCC(C)(C)CC2)n1. The molecule has 1 fully saturated rings. The number of halogens is 1. The summed E-state index contributed by atoms with van der Waals surface area (Å²) in [6.45, 7) is 4.92. The summed E-state index contributed by atoms with van der Waals surface area (Å²) in [6.07, 6.45) is 3.61. The fraction of sp³-hybridized carbons (Fsp3) is 0.786. The van der Waals surface area contributed by atoms with Crippen molar-refractivity contribution in [1.82, 2.24) is 15.0 Å². The van der Waals surface area contributed by atoms with Crippen molar-refractivity contribution < 1.29 is 5.11 Å². The van der Waals surface area contributed by atoms with Crippen molar-refractivity contribution in [2.45, 2.75) is 45.1 Å². The van der Waals surface area contributed by atoms with Gasteiger partial charge in [-0.05, 0) is 42.7 Å². The Labute approximate surface area is 131 Å². The Bertz CT molecular complexity index is 496. The third-order valence-electron chi connectivity index (χ3n) is 4.11. The molecule has 0 saturated heterocycles. The molecule has 0 unspecified atom stereocenters. The molecule has 1 aromatic rings. The third kappa shape index (κ3) is 4.41. The molecule has 2 rings (SSSR count). The Hall–Kier alpha value is -1.14. The predicted octanol–water partition coefficient (Wildman–Crippen LogP) is 2.33. The van der Waals surface area contributed by atoms with Crippen molar-refractivity contribution >= 4 is 23.5 Å². The minimum atomic E-state index is -0.701. The van der Waals surface area contributed by atoms with E-state index in [-0.39, 0.29) is 5.28 Å². The lowest BCUT2D eigenvalue weighted by Gasteiger charge is -2.40. The predicted molar refractivity (Wildman–Crippen MR) is 84.9 cm³/mol. The maximum Gasteiger partial charge on any atom is 0.230 e. The van der Waals surface area contributed by atoms with Crippen LogP contribution in [0.5, 0.6) is 0 Å². The van der Waals surface area contributed by atoms with E-state index in [2.05, 4.69) is 34.1 Å². The molecule has 118 valence electrons. The third-order valence-corrected chi connectivity index (χ3v) is 4.28. The topological polar surface area (TPSA) is 74.2 Å². The highest BCUT2D eigenvalue weighted by Crippen LogP contribution is 2.40.